The van der Waals surface area contributed by atoms with Crippen LogP contribution in [0.25, 0.3) is 0 Å². The fraction of sp³-hybridized carbons (Fsp3) is 0.500. The van der Waals surface area contributed by atoms with E-state index in [0.29, 0.717) is 12.3 Å². The fourth-order valence-corrected chi connectivity index (χ4v) is 1.77. The fourth-order valence-electron chi connectivity index (χ4n) is 1.77. The van der Waals surface area contributed by atoms with Gasteiger partial charge in [-0.2, -0.15) is 0 Å². The lowest BCUT2D eigenvalue weighted by Crippen LogP contribution is -2.04. The minimum atomic E-state index is 0.247. The number of carbonyl (C=O) groups excluding carboxylic acids is 1. The maximum absolute atomic E-state index is 10.4. The van der Waals surface area contributed by atoms with Crippen molar-refractivity contribution in [3.05, 3.63) is 29.3 Å². The maximum Gasteiger partial charge on any atom is 0.188 e. The molecule has 1 rings (SSSR count). The minimum Gasteiger partial charge on any atom is -0.467 e. The van der Waals surface area contributed by atoms with Crippen LogP contribution in [0.3, 0.4) is 0 Å². The highest BCUT2D eigenvalue weighted by Crippen LogP contribution is 2.30. The van der Waals surface area contributed by atoms with Crippen molar-refractivity contribution in [2.75, 3.05) is 13.9 Å². The predicted octanol–water partition coefficient (Wildman–Crippen LogP) is 3.06. The van der Waals surface area contributed by atoms with Gasteiger partial charge in [0.2, 0.25) is 0 Å². The molecule has 0 aliphatic carbocycles. The molecule has 0 spiro atoms. The molecule has 1 atom stereocenters. The van der Waals surface area contributed by atoms with Gasteiger partial charge in [0.15, 0.2) is 6.79 Å². The van der Waals surface area contributed by atoms with Gasteiger partial charge in [-0.25, -0.2) is 0 Å². The van der Waals surface area contributed by atoms with Crippen LogP contribution in [0, 0.1) is 6.92 Å². The third-order valence-electron chi connectivity index (χ3n) is 2.75. The lowest BCUT2D eigenvalue weighted by atomic mass is 9.95. The summed E-state index contributed by atoms with van der Waals surface area (Å²) in [6, 6.07) is 6.13. The second-order valence-corrected chi connectivity index (χ2v) is 4.24. The number of hydrogen-bond acceptors (Lipinski definition) is 3. The predicted molar refractivity (Wildman–Crippen MR) is 67.4 cm³/mol. The molecule has 0 radical (unpaired) electrons. The van der Waals surface area contributed by atoms with Gasteiger partial charge in [-0.1, -0.05) is 19.1 Å². The number of hydrogen-bond donors (Lipinski definition) is 0. The van der Waals surface area contributed by atoms with E-state index in [1.54, 1.807) is 7.11 Å². The molecule has 1 aromatic carbocycles. The van der Waals surface area contributed by atoms with E-state index in [1.807, 2.05) is 13.0 Å². The number of methoxy groups -OCH3 is 1. The van der Waals surface area contributed by atoms with Crippen LogP contribution in [0.15, 0.2) is 18.2 Å². The standard InChI is InChI=1S/C14H20O3/c1-11-6-7-13(12(2)5-4-8-15)14(9-11)17-10-16-3/h6-9,12H,4-5,10H2,1-3H3/t12-/m1/s1. The van der Waals surface area contributed by atoms with Crippen LogP contribution in [-0.2, 0) is 9.53 Å². The normalized spacial score (nSPS) is 12.2. The molecule has 0 heterocycles. The number of ether oxygens (including phenoxy) is 2. The molecule has 0 saturated carbocycles. The molecule has 0 unspecified atom stereocenters. The number of aldehydes is 1. The van der Waals surface area contributed by atoms with Gasteiger partial charge in [-0.05, 0) is 36.5 Å². The lowest BCUT2D eigenvalue weighted by Gasteiger charge is -2.16. The van der Waals surface area contributed by atoms with Crippen molar-refractivity contribution in [2.45, 2.75) is 32.6 Å². The van der Waals surface area contributed by atoms with Crippen molar-refractivity contribution in [1.29, 1.82) is 0 Å². The zero-order chi connectivity index (χ0) is 12.7. The Labute approximate surface area is 103 Å². The smallest absolute Gasteiger partial charge is 0.188 e. The molecule has 0 amide bonds. The topological polar surface area (TPSA) is 35.5 Å². The van der Waals surface area contributed by atoms with E-state index >= 15 is 0 Å². The quantitative estimate of drug-likeness (QED) is 0.539. The molecule has 0 N–H and O–H groups in total. The van der Waals surface area contributed by atoms with Crippen LogP contribution in [0.2, 0.25) is 0 Å². The van der Waals surface area contributed by atoms with Gasteiger partial charge in [0.25, 0.3) is 0 Å². The monoisotopic (exact) mass is 236 g/mol. The summed E-state index contributed by atoms with van der Waals surface area (Å²) in [5, 5.41) is 0. The van der Waals surface area contributed by atoms with Crippen molar-refractivity contribution in [3.8, 4) is 5.75 Å². The first kappa shape index (κ1) is 13.7. The molecule has 1 aromatic rings. The highest BCUT2D eigenvalue weighted by Gasteiger charge is 2.11. The summed E-state index contributed by atoms with van der Waals surface area (Å²) >= 11 is 0. The second kappa shape index (κ2) is 7.07. The Bertz CT molecular complexity index is 360. The van der Waals surface area contributed by atoms with Crippen molar-refractivity contribution < 1.29 is 14.3 Å². The molecule has 17 heavy (non-hydrogen) atoms. The molecule has 0 fully saturated rings. The minimum absolute atomic E-state index is 0.247. The van der Waals surface area contributed by atoms with E-state index in [2.05, 4.69) is 19.1 Å². The Kier molecular flexibility index (Phi) is 5.70. The Hall–Kier alpha value is -1.35. The third-order valence-corrected chi connectivity index (χ3v) is 2.75. The summed E-state index contributed by atoms with van der Waals surface area (Å²) < 4.78 is 10.5. The van der Waals surface area contributed by atoms with Crippen molar-refractivity contribution in [1.82, 2.24) is 0 Å². The highest BCUT2D eigenvalue weighted by atomic mass is 16.7. The highest BCUT2D eigenvalue weighted by molar-refractivity contribution is 5.49. The SMILES string of the molecule is COCOc1cc(C)ccc1[C@H](C)CCC=O. The summed E-state index contributed by atoms with van der Waals surface area (Å²) in [7, 11) is 1.60. The molecule has 3 heteroatoms. The molecule has 0 saturated heterocycles. The van der Waals surface area contributed by atoms with Crippen LogP contribution < -0.4 is 4.74 Å². The average Bonchev–Trinajstić information content (AvgIpc) is 2.33. The van der Waals surface area contributed by atoms with Crippen LogP contribution >= 0.6 is 0 Å². The number of benzene rings is 1. The van der Waals surface area contributed by atoms with Gasteiger partial charge in [-0.15, -0.1) is 0 Å². The summed E-state index contributed by atoms with van der Waals surface area (Å²) in [6.07, 6.45) is 2.38. The first-order valence-electron chi connectivity index (χ1n) is 5.85. The number of rotatable bonds is 7. The molecule has 0 bridgehead atoms. The van der Waals surface area contributed by atoms with E-state index < -0.39 is 0 Å². The van der Waals surface area contributed by atoms with Crippen LogP contribution in [-0.4, -0.2) is 20.2 Å². The van der Waals surface area contributed by atoms with Crippen molar-refractivity contribution in [2.24, 2.45) is 0 Å². The zero-order valence-electron chi connectivity index (χ0n) is 10.7. The van der Waals surface area contributed by atoms with E-state index in [0.717, 1.165) is 29.6 Å². The summed E-state index contributed by atoms with van der Waals surface area (Å²) in [4.78, 5) is 10.4. The molecule has 0 aromatic heterocycles. The molecule has 0 aliphatic heterocycles. The first-order chi connectivity index (χ1) is 8.19. The van der Waals surface area contributed by atoms with Crippen LogP contribution in [0.5, 0.6) is 5.75 Å². The Balaban J connectivity index is 2.84. The lowest BCUT2D eigenvalue weighted by molar-refractivity contribution is -0.108. The van der Waals surface area contributed by atoms with Gasteiger partial charge < -0.3 is 14.3 Å². The van der Waals surface area contributed by atoms with Gasteiger partial charge in [-0.3, -0.25) is 0 Å². The van der Waals surface area contributed by atoms with E-state index in [1.165, 1.54) is 0 Å². The van der Waals surface area contributed by atoms with Gasteiger partial charge in [0, 0.05) is 13.5 Å². The zero-order valence-corrected chi connectivity index (χ0v) is 10.7. The Morgan fingerprint density at radius 1 is 1.41 bits per heavy atom. The molecular weight excluding hydrogens is 216 g/mol. The first-order valence-corrected chi connectivity index (χ1v) is 5.85. The van der Waals surface area contributed by atoms with Crippen LogP contribution in [0.4, 0.5) is 0 Å². The van der Waals surface area contributed by atoms with Crippen LogP contribution in [0.1, 0.15) is 36.8 Å². The molecular formula is C14H20O3. The van der Waals surface area contributed by atoms with Gasteiger partial charge >= 0.3 is 0 Å². The van der Waals surface area contributed by atoms with E-state index in [4.69, 9.17) is 9.47 Å². The van der Waals surface area contributed by atoms with E-state index in [9.17, 15) is 4.79 Å². The number of aryl methyl sites for hydroxylation is 1. The van der Waals surface area contributed by atoms with Crippen molar-refractivity contribution >= 4 is 6.29 Å². The molecule has 3 nitrogen and oxygen atoms in total. The maximum atomic E-state index is 10.4. The molecule has 0 aliphatic rings. The van der Waals surface area contributed by atoms with Gasteiger partial charge in [0.05, 0.1) is 0 Å². The summed E-state index contributed by atoms with van der Waals surface area (Å²) in [5.74, 6) is 1.16. The van der Waals surface area contributed by atoms with Crippen molar-refractivity contribution in [3.63, 3.8) is 0 Å². The Morgan fingerprint density at radius 2 is 2.18 bits per heavy atom. The molecule has 94 valence electrons. The largest absolute Gasteiger partial charge is 0.467 e. The van der Waals surface area contributed by atoms with Gasteiger partial charge in [0.1, 0.15) is 12.0 Å². The number of carbonyl (C=O) groups is 1. The summed E-state index contributed by atoms with van der Waals surface area (Å²) in [6.45, 7) is 4.38. The average molecular weight is 236 g/mol. The Morgan fingerprint density at radius 3 is 2.82 bits per heavy atom. The third kappa shape index (κ3) is 4.19. The second-order valence-electron chi connectivity index (χ2n) is 4.24. The van der Waals surface area contributed by atoms with E-state index in [-0.39, 0.29) is 6.79 Å². The summed E-state index contributed by atoms with van der Waals surface area (Å²) in [5.41, 5.74) is 2.29.